The molecule has 0 spiro atoms. The van der Waals surface area contributed by atoms with Crippen molar-refractivity contribution in [2.75, 3.05) is 0 Å². The zero-order valence-electron chi connectivity index (χ0n) is 31.0. The van der Waals surface area contributed by atoms with E-state index in [1.807, 2.05) is 97.1 Å². The third kappa shape index (κ3) is 4.84. The number of nitrogens with zero attached hydrogens (tertiary/aromatic N) is 4. The van der Waals surface area contributed by atoms with Crippen LogP contribution in [0.4, 0.5) is 0 Å². The van der Waals surface area contributed by atoms with Gasteiger partial charge in [-0.1, -0.05) is 133 Å². The van der Waals surface area contributed by atoms with Gasteiger partial charge in [0.2, 0.25) is 0 Å². The fourth-order valence-corrected chi connectivity index (χ4v) is 6.12. The van der Waals surface area contributed by atoms with Crippen molar-refractivity contribution in [3.63, 3.8) is 0 Å². The molecular weight excluding hydrogens is 573 g/mol. The Labute approximate surface area is 280 Å². The minimum atomic E-state index is -0.166. The first kappa shape index (κ1) is 21.4. The van der Waals surface area contributed by atoms with Gasteiger partial charge in [0.15, 0.2) is 17.5 Å². The Morgan fingerprint density at radius 2 is 0.936 bits per heavy atom. The molecule has 0 N–H and O–H groups in total. The highest BCUT2D eigenvalue weighted by molar-refractivity contribution is 6.09. The van der Waals surface area contributed by atoms with Crippen LogP contribution in [0.3, 0.4) is 0 Å². The third-order valence-corrected chi connectivity index (χ3v) is 8.34. The van der Waals surface area contributed by atoms with Crippen LogP contribution in [0.1, 0.15) is 8.22 Å². The van der Waals surface area contributed by atoms with E-state index in [-0.39, 0.29) is 58.1 Å². The van der Waals surface area contributed by atoms with Crippen molar-refractivity contribution >= 4 is 32.6 Å². The van der Waals surface area contributed by atoms with E-state index in [0.717, 1.165) is 33.0 Å². The van der Waals surface area contributed by atoms with Gasteiger partial charge in [0.25, 0.3) is 0 Å². The molecule has 0 radical (unpaired) electrons. The Hall–Kier alpha value is -6.39. The molecule has 0 atom stereocenters. The molecule has 4 heteroatoms. The number of aromatic nitrogens is 4. The molecule has 0 aliphatic carbocycles. The lowest BCUT2D eigenvalue weighted by Crippen LogP contribution is -2.01. The molecule has 0 fully saturated rings. The van der Waals surface area contributed by atoms with Gasteiger partial charge in [-0.2, -0.15) is 0 Å². The summed E-state index contributed by atoms with van der Waals surface area (Å²) in [6.07, 6.45) is 0. The predicted octanol–water partition coefficient (Wildman–Crippen LogP) is 10.8. The van der Waals surface area contributed by atoms with Gasteiger partial charge >= 0.3 is 0 Å². The van der Waals surface area contributed by atoms with E-state index in [1.54, 1.807) is 4.57 Å². The number of benzene rings is 7. The van der Waals surface area contributed by atoms with Crippen molar-refractivity contribution in [3.8, 4) is 51.0 Å². The highest BCUT2D eigenvalue weighted by atomic mass is 15.0. The first-order valence-electron chi connectivity index (χ1n) is 18.3. The Kier molecular flexibility index (Phi) is 5.09. The second-order valence-corrected chi connectivity index (χ2v) is 11.3. The molecule has 47 heavy (non-hydrogen) atoms. The maximum absolute atomic E-state index is 9.06. The number of rotatable bonds is 5. The highest BCUT2D eigenvalue weighted by Crippen LogP contribution is 2.36. The van der Waals surface area contributed by atoms with Gasteiger partial charge in [-0.15, -0.1) is 0 Å². The first-order valence-corrected chi connectivity index (χ1v) is 15.3. The quantitative estimate of drug-likeness (QED) is 0.196. The van der Waals surface area contributed by atoms with Crippen LogP contribution in [0.25, 0.3) is 83.6 Å². The molecule has 7 aromatic carbocycles. The lowest BCUT2D eigenvalue weighted by molar-refractivity contribution is 1.07. The fourth-order valence-electron chi connectivity index (χ4n) is 6.12. The van der Waals surface area contributed by atoms with Crippen LogP contribution in [0.2, 0.25) is 0 Å². The van der Waals surface area contributed by atoms with Gasteiger partial charge in [0.05, 0.1) is 19.3 Å². The van der Waals surface area contributed by atoms with Crippen LogP contribution in [-0.2, 0) is 0 Å². The summed E-state index contributed by atoms with van der Waals surface area (Å²) in [6, 6.07) is 41.5. The van der Waals surface area contributed by atoms with Gasteiger partial charge in [-0.25, -0.2) is 15.0 Å². The molecular formula is C43H28N4. The summed E-state index contributed by atoms with van der Waals surface area (Å²) >= 11 is 0. The number of fused-ring (bicyclic) bond motifs is 4. The Morgan fingerprint density at radius 1 is 0.404 bits per heavy atom. The molecule has 0 aliphatic heterocycles. The minimum absolute atomic E-state index is 0.0296. The standard InChI is InChI=1S/C43H28N4/c1-3-14-30(15-4-1)41-44-42(31-16-5-2-6-17-31)46-43(45-41)35-26-34(33-24-23-29-13-7-8-18-32(29)25-33)27-36(28-35)47-39-21-11-9-19-37(39)38-20-10-12-22-40(38)47/h1-28H/i9D,10D,19D,20D,21D,22D. The fraction of sp³-hybridized carbons (Fsp3) is 0. The van der Waals surface area contributed by atoms with E-state index in [4.69, 9.17) is 23.2 Å². The van der Waals surface area contributed by atoms with Crippen molar-refractivity contribution in [2.24, 2.45) is 0 Å². The van der Waals surface area contributed by atoms with E-state index < -0.39 is 0 Å². The smallest absolute Gasteiger partial charge is 0.164 e. The Balaban J connectivity index is 1.40. The van der Waals surface area contributed by atoms with Gasteiger partial charge in [-0.05, 0) is 58.2 Å². The van der Waals surface area contributed by atoms with Crippen LogP contribution in [0.15, 0.2) is 170 Å². The van der Waals surface area contributed by atoms with Crippen LogP contribution in [0.5, 0.6) is 0 Å². The van der Waals surface area contributed by atoms with Crippen LogP contribution >= 0.6 is 0 Å². The normalized spacial score (nSPS) is 13.2. The average Bonchev–Trinajstić information content (AvgIpc) is 3.57. The van der Waals surface area contributed by atoms with Crippen molar-refractivity contribution in [3.05, 3.63) is 170 Å². The average molecular weight is 607 g/mol. The highest BCUT2D eigenvalue weighted by Gasteiger charge is 2.17. The maximum Gasteiger partial charge on any atom is 0.164 e. The van der Waals surface area contributed by atoms with Gasteiger partial charge in [0.1, 0.15) is 0 Å². The summed E-state index contributed by atoms with van der Waals surface area (Å²) in [5.41, 5.74) is 5.11. The number of hydrogen-bond donors (Lipinski definition) is 0. The molecule has 2 heterocycles. The molecule has 0 unspecified atom stereocenters. The van der Waals surface area contributed by atoms with E-state index in [2.05, 4.69) is 24.3 Å². The lowest BCUT2D eigenvalue weighted by atomic mass is 9.98. The number of para-hydroxylation sites is 2. The zero-order valence-corrected chi connectivity index (χ0v) is 25.0. The molecule has 0 saturated heterocycles. The molecule has 4 nitrogen and oxygen atoms in total. The van der Waals surface area contributed by atoms with Crippen LogP contribution in [-0.4, -0.2) is 19.5 Å². The third-order valence-electron chi connectivity index (χ3n) is 8.34. The topological polar surface area (TPSA) is 43.6 Å². The summed E-state index contributed by atoms with van der Waals surface area (Å²) in [4.78, 5) is 14.9. The SMILES string of the molecule is [2H]c1cc([2H])c2c(c1[2H])c1c([2H])c([2H])cc([2H])c1n2-c1cc(-c2ccc3ccccc3c2)cc(-c2nc(-c3ccccc3)nc(-c3ccccc3)n2)c1. The van der Waals surface area contributed by atoms with E-state index >= 15 is 0 Å². The first-order chi connectivity index (χ1) is 25.7. The summed E-state index contributed by atoms with van der Waals surface area (Å²) in [6.45, 7) is 0. The molecule has 0 bridgehead atoms. The van der Waals surface area contributed by atoms with Crippen LogP contribution in [0, 0.1) is 0 Å². The lowest BCUT2D eigenvalue weighted by Gasteiger charge is -2.15. The van der Waals surface area contributed by atoms with E-state index in [1.165, 1.54) is 12.1 Å². The number of hydrogen-bond acceptors (Lipinski definition) is 3. The summed E-state index contributed by atoms with van der Waals surface area (Å²) in [7, 11) is 0. The predicted molar refractivity (Wildman–Crippen MR) is 193 cm³/mol. The largest absolute Gasteiger partial charge is 0.309 e. The monoisotopic (exact) mass is 606 g/mol. The Morgan fingerprint density at radius 3 is 1.55 bits per heavy atom. The summed E-state index contributed by atoms with van der Waals surface area (Å²) in [5.74, 6) is 1.40. The minimum Gasteiger partial charge on any atom is -0.309 e. The molecule has 220 valence electrons. The van der Waals surface area contributed by atoms with Crippen molar-refractivity contribution < 1.29 is 8.22 Å². The van der Waals surface area contributed by atoms with Crippen molar-refractivity contribution in [2.45, 2.75) is 0 Å². The summed E-state index contributed by atoms with van der Waals surface area (Å²) in [5, 5.41) is 2.53. The molecule has 0 saturated carbocycles. The van der Waals surface area contributed by atoms with Crippen molar-refractivity contribution in [1.82, 2.24) is 19.5 Å². The van der Waals surface area contributed by atoms with Crippen LogP contribution < -0.4 is 0 Å². The van der Waals surface area contributed by atoms with Gasteiger partial charge in [-0.3, -0.25) is 0 Å². The van der Waals surface area contributed by atoms with E-state index in [0.29, 0.717) is 28.7 Å². The van der Waals surface area contributed by atoms with Gasteiger partial charge in [0, 0.05) is 33.2 Å². The maximum atomic E-state index is 9.06. The Bertz CT molecular complexity index is 2780. The van der Waals surface area contributed by atoms with E-state index in [9.17, 15) is 0 Å². The molecule has 0 amide bonds. The molecule has 9 rings (SSSR count). The molecule has 9 aromatic rings. The summed E-state index contributed by atoms with van der Waals surface area (Å²) < 4.78 is 54.6. The van der Waals surface area contributed by atoms with Gasteiger partial charge < -0.3 is 4.57 Å². The second-order valence-electron chi connectivity index (χ2n) is 11.3. The van der Waals surface area contributed by atoms with Crippen molar-refractivity contribution in [1.29, 1.82) is 0 Å². The molecule has 2 aromatic heterocycles. The molecule has 0 aliphatic rings. The second kappa shape index (κ2) is 11.2. The zero-order chi connectivity index (χ0) is 36.4.